The van der Waals surface area contributed by atoms with Gasteiger partial charge < -0.3 is 10.6 Å². The number of carbonyl (C=O) groups is 2. The molecule has 0 saturated heterocycles. The monoisotopic (exact) mass is 348 g/mol. The van der Waals surface area contributed by atoms with E-state index in [0.717, 1.165) is 5.56 Å². The van der Waals surface area contributed by atoms with Crippen LogP contribution in [-0.2, 0) is 6.54 Å². The van der Waals surface area contributed by atoms with Crippen LogP contribution in [0, 0.1) is 5.82 Å². The van der Waals surface area contributed by atoms with Crippen LogP contribution in [0.25, 0.3) is 0 Å². The quantitative estimate of drug-likeness (QED) is 0.732. The van der Waals surface area contributed by atoms with Crippen LogP contribution in [0.1, 0.15) is 26.3 Å². The van der Waals surface area contributed by atoms with E-state index in [4.69, 9.17) is 0 Å². The zero-order valence-corrected chi connectivity index (χ0v) is 13.9. The van der Waals surface area contributed by atoms with Gasteiger partial charge in [-0.15, -0.1) is 0 Å². The average molecular weight is 348 g/mol. The highest BCUT2D eigenvalue weighted by Gasteiger charge is 2.11. The van der Waals surface area contributed by atoms with Crippen LogP contribution in [0.4, 0.5) is 10.1 Å². The molecular formula is C21H17FN2O2. The Bertz CT molecular complexity index is 926. The number of hydrogen-bond acceptors (Lipinski definition) is 2. The first-order valence-electron chi connectivity index (χ1n) is 8.11. The standard InChI is InChI=1S/C21H17FN2O2/c22-18-10-5-11-19(13-18)24-21(26)17-9-4-8-16(12-17)20(25)23-14-15-6-2-1-3-7-15/h1-13H,14H2,(H,23,25)(H,24,26). The van der Waals surface area contributed by atoms with Gasteiger partial charge in [-0.25, -0.2) is 4.39 Å². The number of nitrogens with one attached hydrogen (secondary N) is 2. The lowest BCUT2D eigenvalue weighted by molar-refractivity contribution is 0.0951. The molecule has 130 valence electrons. The summed E-state index contributed by atoms with van der Waals surface area (Å²) in [5.74, 6) is -1.11. The Balaban J connectivity index is 1.67. The van der Waals surface area contributed by atoms with E-state index < -0.39 is 11.7 Å². The van der Waals surface area contributed by atoms with Crippen LogP contribution in [-0.4, -0.2) is 11.8 Å². The van der Waals surface area contributed by atoms with E-state index in [1.165, 1.54) is 24.3 Å². The SMILES string of the molecule is O=C(NCc1ccccc1)c1cccc(C(=O)Nc2cccc(F)c2)c1. The van der Waals surface area contributed by atoms with Crippen molar-refractivity contribution in [2.45, 2.75) is 6.54 Å². The molecule has 3 aromatic carbocycles. The van der Waals surface area contributed by atoms with Crippen molar-refractivity contribution in [3.05, 3.63) is 101 Å². The van der Waals surface area contributed by atoms with Crippen LogP contribution in [0.3, 0.4) is 0 Å². The van der Waals surface area contributed by atoms with E-state index in [1.54, 1.807) is 24.3 Å². The topological polar surface area (TPSA) is 58.2 Å². The molecule has 0 bridgehead atoms. The van der Waals surface area contributed by atoms with E-state index in [0.29, 0.717) is 23.4 Å². The third-order valence-corrected chi connectivity index (χ3v) is 3.77. The molecule has 0 spiro atoms. The molecule has 0 fully saturated rings. The van der Waals surface area contributed by atoms with Crippen molar-refractivity contribution in [2.75, 3.05) is 5.32 Å². The van der Waals surface area contributed by atoms with Crippen molar-refractivity contribution >= 4 is 17.5 Å². The van der Waals surface area contributed by atoms with Gasteiger partial charge >= 0.3 is 0 Å². The lowest BCUT2D eigenvalue weighted by Gasteiger charge is -2.08. The fraction of sp³-hybridized carbons (Fsp3) is 0.0476. The van der Waals surface area contributed by atoms with Gasteiger partial charge in [-0.1, -0.05) is 42.5 Å². The summed E-state index contributed by atoms with van der Waals surface area (Å²) in [6, 6.07) is 21.6. The number of rotatable bonds is 5. The summed E-state index contributed by atoms with van der Waals surface area (Å²) in [7, 11) is 0. The first-order valence-corrected chi connectivity index (χ1v) is 8.11. The summed E-state index contributed by atoms with van der Waals surface area (Å²) in [6.07, 6.45) is 0. The maximum absolute atomic E-state index is 13.2. The molecule has 0 aliphatic carbocycles. The minimum atomic E-state index is -0.433. The molecule has 0 aromatic heterocycles. The number of hydrogen-bond donors (Lipinski definition) is 2. The molecular weight excluding hydrogens is 331 g/mol. The van der Waals surface area contributed by atoms with Crippen LogP contribution >= 0.6 is 0 Å². The van der Waals surface area contributed by atoms with Gasteiger partial charge in [-0.05, 0) is 42.0 Å². The van der Waals surface area contributed by atoms with E-state index in [1.807, 2.05) is 30.3 Å². The van der Waals surface area contributed by atoms with Gasteiger partial charge in [-0.2, -0.15) is 0 Å². The molecule has 26 heavy (non-hydrogen) atoms. The van der Waals surface area contributed by atoms with Gasteiger partial charge in [0.05, 0.1) is 0 Å². The van der Waals surface area contributed by atoms with Crippen LogP contribution in [0.5, 0.6) is 0 Å². The molecule has 0 atom stereocenters. The summed E-state index contributed by atoms with van der Waals surface area (Å²) in [6.45, 7) is 0.402. The summed E-state index contributed by atoms with van der Waals surface area (Å²) >= 11 is 0. The largest absolute Gasteiger partial charge is 0.348 e. The van der Waals surface area contributed by atoms with Crippen molar-refractivity contribution < 1.29 is 14.0 Å². The second kappa shape index (κ2) is 8.07. The summed E-state index contributed by atoms with van der Waals surface area (Å²) in [4.78, 5) is 24.6. The van der Waals surface area contributed by atoms with E-state index >= 15 is 0 Å². The van der Waals surface area contributed by atoms with Gasteiger partial charge in [0.15, 0.2) is 0 Å². The summed E-state index contributed by atoms with van der Waals surface area (Å²) in [5, 5.41) is 5.43. The molecule has 0 aliphatic heterocycles. The number of anilines is 1. The Morgan fingerprint density at radius 2 is 1.46 bits per heavy atom. The summed E-state index contributed by atoms with van der Waals surface area (Å²) < 4.78 is 13.2. The average Bonchev–Trinajstić information content (AvgIpc) is 2.67. The molecule has 3 aromatic rings. The summed E-state index contributed by atoms with van der Waals surface area (Å²) in [5.41, 5.74) is 2.05. The minimum Gasteiger partial charge on any atom is -0.348 e. The fourth-order valence-electron chi connectivity index (χ4n) is 2.45. The zero-order valence-electron chi connectivity index (χ0n) is 13.9. The van der Waals surface area contributed by atoms with Gasteiger partial charge in [0.2, 0.25) is 0 Å². The van der Waals surface area contributed by atoms with E-state index in [9.17, 15) is 14.0 Å². The normalized spacial score (nSPS) is 10.2. The van der Waals surface area contributed by atoms with Gasteiger partial charge in [-0.3, -0.25) is 9.59 Å². The molecule has 0 heterocycles. The van der Waals surface area contributed by atoms with E-state index in [2.05, 4.69) is 10.6 Å². The highest BCUT2D eigenvalue weighted by atomic mass is 19.1. The third-order valence-electron chi connectivity index (χ3n) is 3.77. The molecule has 0 unspecified atom stereocenters. The first kappa shape index (κ1) is 17.4. The van der Waals surface area contributed by atoms with E-state index in [-0.39, 0.29) is 5.91 Å². The maximum atomic E-state index is 13.2. The van der Waals surface area contributed by atoms with Crippen molar-refractivity contribution in [2.24, 2.45) is 0 Å². The Morgan fingerprint density at radius 1 is 0.769 bits per heavy atom. The van der Waals surface area contributed by atoms with Gasteiger partial charge in [0, 0.05) is 23.4 Å². The van der Waals surface area contributed by atoms with Crippen LogP contribution in [0.2, 0.25) is 0 Å². The number of carbonyl (C=O) groups excluding carboxylic acids is 2. The Morgan fingerprint density at radius 3 is 2.19 bits per heavy atom. The van der Waals surface area contributed by atoms with Crippen LogP contribution in [0.15, 0.2) is 78.9 Å². The van der Waals surface area contributed by atoms with Crippen molar-refractivity contribution in [1.82, 2.24) is 5.32 Å². The fourth-order valence-corrected chi connectivity index (χ4v) is 2.45. The lowest BCUT2D eigenvalue weighted by atomic mass is 10.1. The highest BCUT2D eigenvalue weighted by molar-refractivity contribution is 6.06. The minimum absolute atomic E-state index is 0.269. The molecule has 2 N–H and O–H groups in total. The zero-order chi connectivity index (χ0) is 18.4. The molecule has 3 rings (SSSR count). The predicted octanol–water partition coefficient (Wildman–Crippen LogP) is 4.01. The smallest absolute Gasteiger partial charge is 0.255 e. The lowest BCUT2D eigenvalue weighted by Crippen LogP contribution is -2.23. The molecule has 0 aliphatic rings. The predicted molar refractivity (Wildman–Crippen MR) is 98.4 cm³/mol. The molecule has 0 saturated carbocycles. The number of amides is 2. The van der Waals surface area contributed by atoms with Gasteiger partial charge in [0.25, 0.3) is 11.8 Å². The maximum Gasteiger partial charge on any atom is 0.255 e. The van der Waals surface area contributed by atoms with Gasteiger partial charge in [0.1, 0.15) is 5.82 Å². The highest BCUT2D eigenvalue weighted by Crippen LogP contribution is 2.12. The number of halogens is 1. The van der Waals surface area contributed by atoms with Crippen LogP contribution < -0.4 is 10.6 Å². The Labute approximate surface area is 150 Å². The molecule has 5 heteroatoms. The Kier molecular flexibility index (Phi) is 5.39. The van der Waals surface area contributed by atoms with Crippen molar-refractivity contribution in [3.63, 3.8) is 0 Å². The second-order valence-electron chi connectivity index (χ2n) is 5.71. The number of benzene rings is 3. The third kappa shape index (κ3) is 4.54. The van der Waals surface area contributed by atoms with Crippen molar-refractivity contribution in [3.8, 4) is 0 Å². The molecule has 2 amide bonds. The molecule has 4 nitrogen and oxygen atoms in total. The first-order chi connectivity index (χ1) is 12.6. The Hall–Kier alpha value is -3.47. The second-order valence-corrected chi connectivity index (χ2v) is 5.71. The molecule has 0 radical (unpaired) electrons. The van der Waals surface area contributed by atoms with Crippen molar-refractivity contribution in [1.29, 1.82) is 0 Å².